The zero-order valence-electron chi connectivity index (χ0n) is 14.9. The van der Waals surface area contributed by atoms with Crippen molar-refractivity contribution in [1.82, 2.24) is 0 Å². The van der Waals surface area contributed by atoms with Gasteiger partial charge in [0.2, 0.25) is 0 Å². The van der Waals surface area contributed by atoms with Crippen LogP contribution in [0.15, 0.2) is 130 Å². The van der Waals surface area contributed by atoms with Crippen LogP contribution in [-0.4, -0.2) is 0 Å². The lowest BCUT2D eigenvalue weighted by molar-refractivity contribution is 1.34. The van der Waals surface area contributed by atoms with Gasteiger partial charge in [0.25, 0.3) is 0 Å². The monoisotopic (exact) mass is 363 g/mol. The highest BCUT2D eigenvalue weighted by atomic mass is 32.2. The predicted octanol–water partition coefficient (Wildman–Crippen LogP) is 7.09. The summed E-state index contributed by atoms with van der Waals surface area (Å²) in [4.78, 5) is 4.06. The highest BCUT2D eigenvalue weighted by Crippen LogP contribution is 2.34. The van der Waals surface area contributed by atoms with E-state index in [1.165, 1.54) is 36.2 Å². The maximum Gasteiger partial charge on any atom is 0.167 e. The first-order chi connectivity index (χ1) is 13.4. The maximum atomic E-state index is 2.35. The largest absolute Gasteiger partial charge is 0.167 e. The second-order valence-corrected chi connectivity index (χ2v) is 8.66. The SMILES string of the molecule is c1ccc([S+](c2ccc3ccccc3c2)c2ccc3ccccc3c2)cc1. The first-order valence-corrected chi connectivity index (χ1v) is 10.4. The molecule has 5 aromatic carbocycles. The molecule has 5 aromatic rings. The van der Waals surface area contributed by atoms with Gasteiger partial charge in [0.1, 0.15) is 0 Å². The molecule has 0 unspecified atom stereocenters. The molecule has 0 aromatic heterocycles. The predicted molar refractivity (Wildman–Crippen MR) is 117 cm³/mol. The van der Waals surface area contributed by atoms with Gasteiger partial charge in [-0.2, -0.15) is 0 Å². The molecule has 0 N–H and O–H groups in total. The minimum Gasteiger partial charge on any atom is -0.0619 e. The van der Waals surface area contributed by atoms with Gasteiger partial charge in [-0.05, 0) is 57.9 Å². The summed E-state index contributed by atoms with van der Waals surface area (Å²) in [6.07, 6.45) is 0. The zero-order chi connectivity index (χ0) is 18.1. The van der Waals surface area contributed by atoms with E-state index in [0.29, 0.717) is 0 Å². The van der Waals surface area contributed by atoms with Gasteiger partial charge in [-0.25, -0.2) is 0 Å². The van der Waals surface area contributed by atoms with Gasteiger partial charge in [-0.3, -0.25) is 0 Å². The van der Waals surface area contributed by atoms with Crippen molar-refractivity contribution in [2.45, 2.75) is 14.7 Å². The first kappa shape index (κ1) is 16.2. The van der Waals surface area contributed by atoms with Crippen molar-refractivity contribution < 1.29 is 0 Å². The van der Waals surface area contributed by atoms with E-state index >= 15 is 0 Å². The van der Waals surface area contributed by atoms with E-state index in [-0.39, 0.29) is 10.9 Å². The molecule has 0 bridgehead atoms. The van der Waals surface area contributed by atoms with Crippen molar-refractivity contribution in [3.05, 3.63) is 115 Å². The van der Waals surface area contributed by atoms with Crippen molar-refractivity contribution in [3.63, 3.8) is 0 Å². The summed E-state index contributed by atoms with van der Waals surface area (Å²) in [5, 5.41) is 5.17. The molecule has 0 amide bonds. The Hall–Kier alpha value is -3.03. The van der Waals surface area contributed by atoms with E-state index < -0.39 is 0 Å². The van der Waals surface area contributed by atoms with E-state index in [4.69, 9.17) is 0 Å². The fourth-order valence-corrected chi connectivity index (χ4v) is 5.70. The summed E-state index contributed by atoms with van der Waals surface area (Å²) < 4.78 is 0. The molecule has 0 atom stereocenters. The van der Waals surface area contributed by atoms with Gasteiger partial charge in [0.05, 0.1) is 10.9 Å². The Balaban J connectivity index is 1.72. The Bertz CT molecular complexity index is 1150. The third kappa shape index (κ3) is 3.11. The molecule has 5 rings (SSSR count). The van der Waals surface area contributed by atoms with E-state index in [1.807, 2.05) is 0 Å². The van der Waals surface area contributed by atoms with Crippen LogP contribution in [-0.2, 0) is 10.9 Å². The molecule has 0 aliphatic carbocycles. The van der Waals surface area contributed by atoms with E-state index in [9.17, 15) is 0 Å². The minimum absolute atomic E-state index is 0.127. The van der Waals surface area contributed by atoms with Crippen molar-refractivity contribution in [1.29, 1.82) is 0 Å². The quantitative estimate of drug-likeness (QED) is 0.300. The maximum absolute atomic E-state index is 2.35. The molecule has 0 nitrogen and oxygen atoms in total. The fourth-order valence-electron chi connectivity index (χ4n) is 3.55. The highest BCUT2D eigenvalue weighted by Gasteiger charge is 2.28. The smallest absolute Gasteiger partial charge is 0.0619 e. The van der Waals surface area contributed by atoms with Crippen molar-refractivity contribution >= 4 is 32.4 Å². The third-order valence-corrected chi connectivity index (χ3v) is 7.09. The van der Waals surface area contributed by atoms with Crippen LogP contribution in [0.3, 0.4) is 0 Å². The Morgan fingerprint density at radius 1 is 0.333 bits per heavy atom. The molecule has 1 heteroatoms. The topological polar surface area (TPSA) is 0 Å². The van der Waals surface area contributed by atoms with Crippen LogP contribution in [0.25, 0.3) is 21.5 Å². The Morgan fingerprint density at radius 2 is 0.778 bits per heavy atom. The third-order valence-electron chi connectivity index (χ3n) is 4.89. The molecule has 0 saturated carbocycles. The Morgan fingerprint density at radius 3 is 1.30 bits per heavy atom. The summed E-state index contributed by atoms with van der Waals surface area (Å²) >= 11 is 0. The number of benzene rings is 5. The summed E-state index contributed by atoms with van der Waals surface area (Å²) in [6.45, 7) is 0. The Labute approximate surface area is 162 Å². The average molecular weight is 364 g/mol. The summed E-state index contributed by atoms with van der Waals surface area (Å²) in [7, 11) is -0.127. The first-order valence-electron chi connectivity index (χ1n) is 9.15. The fraction of sp³-hybridized carbons (Fsp3) is 0. The molecule has 0 saturated heterocycles. The molecular formula is C26H19S+. The second kappa shape index (κ2) is 6.94. The standard InChI is InChI=1S/C26H19S/c1-2-12-24(13-3-1)27(25-16-14-20-8-4-6-10-22(20)18-25)26-17-15-21-9-5-7-11-23(21)19-26/h1-19H/q+1. The zero-order valence-corrected chi connectivity index (χ0v) is 15.7. The molecule has 0 aliphatic rings. The molecule has 0 fully saturated rings. The van der Waals surface area contributed by atoms with Gasteiger partial charge < -0.3 is 0 Å². The molecule has 128 valence electrons. The van der Waals surface area contributed by atoms with Crippen LogP contribution in [0.2, 0.25) is 0 Å². The van der Waals surface area contributed by atoms with Crippen molar-refractivity contribution in [2.75, 3.05) is 0 Å². The summed E-state index contributed by atoms with van der Waals surface area (Å²) in [5.41, 5.74) is 0. The van der Waals surface area contributed by atoms with Crippen LogP contribution in [0.5, 0.6) is 0 Å². The van der Waals surface area contributed by atoms with Crippen LogP contribution in [0, 0.1) is 0 Å². The highest BCUT2D eigenvalue weighted by molar-refractivity contribution is 7.97. The lowest BCUT2D eigenvalue weighted by Crippen LogP contribution is -2.04. The molecular weight excluding hydrogens is 344 g/mol. The Kier molecular flexibility index (Phi) is 4.16. The average Bonchev–Trinajstić information content (AvgIpc) is 2.74. The van der Waals surface area contributed by atoms with E-state index in [1.54, 1.807) is 0 Å². The number of fused-ring (bicyclic) bond motifs is 2. The van der Waals surface area contributed by atoms with Gasteiger partial charge in [0, 0.05) is 12.1 Å². The van der Waals surface area contributed by atoms with Gasteiger partial charge >= 0.3 is 0 Å². The number of hydrogen-bond donors (Lipinski definition) is 0. The number of hydrogen-bond acceptors (Lipinski definition) is 0. The van der Waals surface area contributed by atoms with Gasteiger partial charge in [-0.15, -0.1) is 0 Å². The van der Waals surface area contributed by atoms with E-state index in [0.717, 1.165) is 0 Å². The molecule has 27 heavy (non-hydrogen) atoms. The molecule has 0 spiro atoms. The lowest BCUT2D eigenvalue weighted by Gasteiger charge is -2.10. The minimum atomic E-state index is -0.127. The lowest BCUT2D eigenvalue weighted by atomic mass is 10.1. The van der Waals surface area contributed by atoms with Crippen LogP contribution >= 0.6 is 0 Å². The van der Waals surface area contributed by atoms with Gasteiger partial charge in [-0.1, -0.05) is 66.7 Å². The summed E-state index contributed by atoms with van der Waals surface area (Å²) in [5.74, 6) is 0. The van der Waals surface area contributed by atoms with Crippen molar-refractivity contribution in [3.8, 4) is 0 Å². The molecule has 0 radical (unpaired) electrons. The van der Waals surface area contributed by atoms with Crippen LogP contribution in [0.4, 0.5) is 0 Å². The number of rotatable bonds is 3. The van der Waals surface area contributed by atoms with E-state index in [2.05, 4.69) is 115 Å². The van der Waals surface area contributed by atoms with Crippen LogP contribution < -0.4 is 0 Å². The van der Waals surface area contributed by atoms with Crippen LogP contribution in [0.1, 0.15) is 0 Å². The van der Waals surface area contributed by atoms with Crippen molar-refractivity contribution in [2.24, 2.45) is 0 Å². The normalized spacial score (nSPS) is 11.3. The molecule has 0 heterocycles. The second-order valence-electron chi connectivity index (χ2n) is 6.64. The molecule has 0 aliphatic heterocycles. The summed E-state index contributed by atoms with van der Waals surface area (Å²) in [6, 6.07) is 41.8. The van der Waals surface area contributed by atoms with Gasteiger partial charge in [0.15, 0.2) is 14.7 Å².